The third-order valence-corrected chi connectivity index (χ3v) is 2.71. The van der Waals surface area contributed by atoms with E-state index < -0.39 is 22.8 Å². The maximum atomic E-state index is 11.0. The van der Waals surface area contributed by atoms with E-state index in [1.165, 1.54) is 0 Å². The van der Waals surface area contributed by atoms with Crippen LogP contribution in [0.5, 0.6) is 0 Å². The number of hydrogen-bond acceptors (Lipinski definition) is 2. The summed E-state index contributed by atoms with van der Waals surface area (Å²) >= 11 is 0. The van der Waals surface area contributed by atoms with E-state index in [4.69, 9.17) is 10.2 Å². The zero-order valence-electron chi connectivity index (χ0n) is 9.13. The van der Waals surface area contributed by atoms with Gasteiger partial charge in [0.1, 0.15) is 0 Å². The molecule has 0 aliphatic carbocycles. The molecule has 0 saturated carbocycles. The lowest BCUT2D eigenvalue weighted by Gasteiger charge is -2.30. The Labute approximate surface area is 83.9 Å². The maximum absolute atomic E-state index is 11.0. The molecule has 0 saturated heterocycles. The molecule has 0 aliphatic heterocycles. The van der Waals surface area contributed by atoms with E-state index in [2.05, 4.69) is 0 Å². The highest BCUT2D eigenvalue weighted by atomic mass is 16.4. The molecular weight excluding hydrogens is 184 g/mol. The summed E-state index contributed by atoms with van der Waals surface area (Å²) < 4.78 is 0. The second-order valence-corrected chi connectivity index (χ2v) is 4.59. The molecule has 4 nitrogen and oxygen atoms in total. The molecule has 0 aliphatic rings. The predicted molar refractivity (Wildman–Crippen MR) is 52.1 cm³/mol. The van der Waals surface area contributed by atoms with Crippen molar-refractivity contribution in [3.63, 3.8) is 0 Å². The van der Waals surface area contributed by atoms with Crippen LogP contribution in [0.25, 0.3) is 0 Å². The summed E-state index contributed by atoms with van der Waals surface area (Å²) in [5.74, 6) is -1.90. The molecule has 0 spiro atoms. The van der Waals surface area contributed by atoms with E-state index >= 15 is 0 Å². The van der Waals surface area contributed by atoms with E-state index in [1.54, 1.807) is 27.7 Å². The molecule has 0 aromatic carbocycles. The highest BCUT2D eigenvalue weighted by molar-refractivity contribution is 5.78. The molecule has 0 rings (SSSR count). The van der Waals surface area contributed by atoms with Crippen molar-refractivity contribution >= 4 is 11.9 Å². The van der Waals surface area contributed by atoms with Gasteiger partial charge in [-0.05, 0) is 33.6 Å². The fourth-order valence-electron chi connectivity index (χ4n) is 1.40. The standard InChI is InChI=1S/C10H18O4/c1-5-10(4,8(13)14)6-9(2,3)7(11)12/h5-6H2,1-4H3,(H,11,12)(H,13,14)/t10-/m1/s1. The van der Waals surface area contributed by atoms with Crippen LogP contribution < -0.4 is 0 Å². The van der Waals surface area contributed by atoms with Gasteiger partial charge in [-0.1, -0.05) is 6.92 Å². The third-order valence-electron chi connectivity index (χ3n) is 2.71. The second kappa shape index (κ2) is 3.98. The average Bonchev–Trinajstić information content (AvgIpc) is 2.02. The molecule has 0 fully saturated rings. The number of carboxylic acids is 2. The van der Waals surface area contributed by atoms with Gasteiger partial charge in [0.2, 0.25) is 0 Å². The van der Waals surface area contributed by atoms with Crippen molar-refractivity contribution in [3.05, 3.63) is 0 Å². The van der Waals surface area contributed by atoms with Crippen LogP contribution in [-0.2, 0) is 9.59 Å². The van der Waals surface area contributed by atoms with E-state index in [-0.39, 0.29) is 6.42 Å². The number of rotatable bonds is 5. The Bertz CT molecular complexity index is 245. The van der Waals surface area contributed by atoms with Gasteiger partial charge >= 0.3 is 11.9 Å². The van der Waals surface area contributed by atoms with Crippen molar-refractivity contribution in [1.82, 2.24) is 0 Å². The largest absolute Gasteiger partial charge is 0.481 e. The summed E-state index contributed by atoms with van der Waals surface area (Å²) in [5.41, 5.74) is -1.95. The van der Waals surface area contributed by atoms with Crippen molar-refractivity contribution in [3.8, 4) is 0 Å². The molecule has 0 bridgehead atoms. The Morgan fingerprint density at radius 2 is 1.50 bits per heavy atom. The van der Waals surface area contributed by atoms with Gasteiger partial charge in [-0.15, -0.1) is 0 Å². The predicted octanol–water partition coefficient (Wildman–Crippen LogP) is 1.99. The first-order valence-electron chi connectivity index (χ1n) is 4.62. The van der Waals surface area contributed by atoms with Gasteiger partial charge in [0.05, 0.1) is 10.8 Å². The topological polar surface area (TPSA) is 74.6 Å². The molecule has 2 N–H and O–H groups in total. The van der Waals surface area contributed by atoms with Gasteiger partial charge in [-0.3, -0.25) is 9.59 Å². The molecule has 0 aromatic rings. The maximum Gasteiger partial charge on any atom is 0.309 e. The molecule has 82 valence electrons. The lowest BCUT2D eigenvalue weighted by Crippen LogP contribution is -2.36. The number of carbonyl (C=O) groups is 2. The Kier molecular flexibility index (Phi) is 3.68. The Hall–Kier alpha value is -1.06. The fraction of sp³-hybridized carbons (Fsp3) is 0.800. The first-order chi connectivity index (χ1) is 6.15. The molecule has 14 heavy (non-hydrogen) atoms. The van der Waals surface area contributed by atoms with Gasteiger partial charge in [0.25, 0.3) is 0 Å². The van der Waals surface area contributed by atoms with Gasteiger partial charge < -0.3 is 10.2 Å². The van der Waals surface area contributed by atoms with E-state index in [9.17, 15) is 9.59 Å². The van der Waals surface area contributed by atoms with Crippen LogP contribution in [0.1, 0.15) is 40.5 Å². The zero-order valence-corrected chi connectivity index (χ0v) is 9.13. The van der Waals surface area contributed by atoms with Crippen molar-refractivity contribution < 1.29 is 19.8 Å². The molecule has 0 amide bonds. The van der Waals surface area contributed by atoms with Crippen molar-refractivity contribution in [2.45, 2.75) is 40.5 Å². The van der Waals surface area contributed by atoms with E-state index in [1.807, 2.05) is 0 Å². The summed E-state index contributed by atoms with van der Waals surface area (Å²) in [7, 11) is 0. The molecule has 0 heterocycles. The number of aliphatic carboxylic acids is 2. The van der Waals surface area contributed by atoms with Gasteiger partial charge in [-0.25, -0.2) is 0 Å². The SMILES string of the molecule is CC[C@](C)(CC(C)(C)C(=O)O)C(=O)O. The van der Waals surface area contributed by atoms with Crippen molar-refractivity contribution in [2.24, 2.45) is 10.8 Å². The number of carboxylic acid groups (broad SMARTS) is 2. The molecule has 0 unspecified atom stereocenters. The summed E-state index contributed by atoms with van der Waals surface area (Å²) in [4.78, 5) is 21.8. The number of hydrogen-bond donors (Lipinski definition) is 2. The summed E-state index contributed by atoms with van der Waals surface area (Å²) in [5, 5.41) is 17.9. The van der Waals surface area contributed by atoms with Crippen LogP contribution >= 0.6 is 0 Å². The van der Waals surface area contributed by atoms with Crippen LogP contribution in [-0.4, -0.2) is 22.2 Å². The molecule has 4 heteroatoms. The Balaban J connectivity index is 4.79. The third kappa shape index (κ3) is 2.72. The van der Waals surface area contributed by atoms with E-state index in [0.29, 0.717) is 6.42 Å². The smallest absolute Gasteiger partial charge is 0.309 e. The van der Waals surface area contributed by atoms with Crippen LogP contribution in [0.15, 0.2) is 0 Å². The average molecular weight is 202 g/mol. The quantitative estimate of drug-likeness (QED) is 0.714. The first kappa shape index (κ1) is 12.9. The zero-order chi connectivity index (χ0) is 11.6. The minimum atomic E-state index is -0.997. The van der Waals surface area contributed by atoms with Crippen LogP contribution in [0, 0.1) is 10.8 Å². The molecule has 0 aromatic heterocycles. The monoisotopic (exact) mass is 202 g/mol. The lowest BCUT2D eigenvalue weighted by atomic mass is 9.72. The summed E-state index contributed by atoms with van der Waals surface area (Å²) in [6.07, 6.45) is 0.570. The van der Waals surface area contributed by atoms with E-state index in [0.717, 1.165) is 0 Å². The molecular formula is C10H18O4. The highest BCUT2D eigenvalue weighted by Crippen LogP contribution is 2.36. The summed E-state index contributed by atoms with van der Waals surface area (Å²) in [6.45, 7) is 6.43. The van der Waals surface area contributed by atoms with Crippen molar-refractivity contribution in [1.29, 1.82) is 0 Å². The Morgan fingerprint density at radius 1 is 1.07 bits per heavy atom. The molecule has 0 radical (unpaired) electrons. The van der Waals surface area contributed by atoms with Crippen LogP contribution in [0.4, 0.5) is 0 Å². The lowest BCUT2D eigenvalue weighted by molar-refractivity contribution is -0.155. The first-order valence-corrected chi connectivity index (χ1v) is 4.62. The van der Waals surface area contributed by atoms with Crippen LogP contribution in [0.2, 0.25) is 0 Å². The minimum Gasteiger partial charge on any atom is -0.481 e. The minimum absolute atomic E-state index is 0.140. The van der Waals surface area contributed by atoms with Crippen molar-refractivity contribution in [2.75, 3.05) is 0 Å². The van der Waals surface area contributed by atoms with Gasteiger partial charge in [0.15, 0.2) is 0 Å². The summed E-state index contributed by atoms with van der Waals surface area (Å²) in [6, 6.07) is 0. The molecule has 1 atom stereocenters. The highest BCUT2D eigenvalue weighted by Gasteiger charge is 2.40. The Morgan fingerprint density at radius 3 is 1.71 bits per heavy atom. The van der Waals surface area contributed by atoms with Gasteiger partial charge in [-0.2, -0.15) is 0 Å². The normalized spacial score (nSPS) is 16.0. The fourth-order valence-corrected chi connectivity index (χ4v) is 1.40. The second-order valence-electron chi connectivity index (χ2n) is 4.59. The van der Waals surface area contributed by atoms with Gasteiger partial charge in [0, 0.05) is 0 Å². The van der Waals surface area contributed by atoms with Crippen LogP contribution in [0.3, 0.4) is 0 Å².